The normalized spacial score (nSPS) is 17.6. The molecule has 2 N–H and O–H groups in total. The van der Waals surface area contributed by atoms with Gasteiger partial charge in [-0.2, -0.15) is 0 Å². The molecule has 0 amide bonds. The van der Waals surface area contributed by atoms with E-state index in [2.05, 4.69) is 0 Å². The minimum Gasteiger partial charge on any atom is -0.324 e. The SMILES string of the molecule is CC(C)P(=O)(O)OCCCCCCCCCOP(C)(=O)O. The van der Waals surface area contributed by atoms with Crippen LogP contribution in [-0.2, 0) is 18.2 Å². The molecule has 0 aromatic rings. The van der Waals surface area contributed by atoms with Crippen LogP contribution in [0, 0.1) is 0 Å². The summed E-state index contributed by atoms with van der Waals surface area (Å²) in [5.74, 6) is 0. The molecule has 0 aromatic heterocycles. The van der Waals surface area contributed by atoms with Crippen LogP contribution in [0.1, 0.15) is 58.8 Å². The Morgan fingerprint density at radius 3 is 1.57 bits per heavy atom. The molecule has 0 aromatic carbocycles. The predicted octanol–water partition coefficient (Wildman–Crippen LogP) is 4.16. The van der Waals surface area contributed by atoms with Gasteiger partial charge in [0.15, 0.2) is 0 Å². The van der Waals surface area contributed by atoms with Crippen LogP contribution in [0.15, 0.2) is 0 Å². The smallest absolute Gasteiger partial charge is 0.324 e. The summed E-state index contributed by atoms with van der Waals surface area (Å²) in [5.41, 5.74) is -0.350. The Labute approximate surface area is 128 Å². The monoisotopic (exact) mass is 344 g/mol. The van der Waals surface area contributed by atoms with Gasteiger partial charge >= 0.3 is 15.2 Å². The molecule has 0 rings (SSSR count). The molecule has 0 saturated heterocycles. The van der Waals surface area contributed by atoms with Crippen molar-refractivity contribution in [2.24, 2.45) is 0 Å². The first-order valence-corrected chi connectivity index (χ1v) is 11.2. The quantitative estimate of drug-likeness (QED) is 0.385. The lowest BCUT2D eigenvalue weighted by molar-refractivity contribution is 0.247. The van der Waals surface area contributed by atoms with Crippen molar-refractivity contribution in [3.8, 4) is 0 Å². The zero-order valence-corrected chi connectivity index (χ0v) is 15.2. The van der Waals surface area contributed by atoms with Crippen molar-refractivity contribution >= 4 is 15.2 Å². The molecule has 0 aliphatic carbocycles. The molecule has 0 aliphatic rings. The van der Waals surface area contributed by atoms with Crippen molar-refractivity contribution in [2.45, 2.75) is 64.5 Å². The maximum absolute atomic E-state index is 11.5. The maximum Gasteiger partial charge on any atom is 0.330 e. The van der Waals surface area contributed by atoms with Gasteiger partial charge in [-0.15, -0.1) is 0 Å². The summed E-state index contributed by atoms with van der Waals surface area (Å²) >= 11 is 0. The van der Waals surface area contributed by atoms with E-state index >= 15 is 0 Å². The van der Waals surface area contributed by atoms with E-state index in [1.54, 1.807) is 13.8 Å². The molecule has 21 heavy (non-hydrogen) atoms. The Morgan fingerprint density at radius 2 is 1.19 bits per heavy atom. The fraction of sp³-hybridized carbons (Fsp3) is 1.00. The van der Waals surface area contributed by atoms with E-state index in [1.807, 2.05) is 0 Å². The van der Waals surface area contributed by atoms with Gasteiger partial charge in [-0.1, -0.05) is 46.0 Å². The van der Waals surface area contributed by atoms with E-state index in [4.69, 9.17) is 13.9 Å². The molecule has 0 heterocycles. The fourth-order valence-corrected chi connectivity index (χ4v) is 2.82. The minimum absolute atomic E-state index is 0.332. The lowest BCUT2D eigenvalue weighted by Gasteiger charge is -2.15. The van der Waals surface area contributed by atoms with Crippen LogP contribution in [0.5, 0.6) is 0 Å². The third-order valence-electron chi connectivity index (χ3n) is 3.05. The van der Waals surface area contributed by atoms with Crippen molar-refractivity contribution in [3.05, 3.63) is 0 Å². The van der Waals surface area contributed by atoms with Gasteiger partial charge in [0.05, 0.1) is 18.9 Å². The second-order valence-electron chi connectivity index (χ2n) is 5.60. The van der Waals surface area contributed by atoms with Crippen molar-refractivity contribution in [1.82, 2.24) is 0 Å². The standard InChI is InChI=1S/C13H30O6P2/c1-13(2)21(16,17)19-12-10-8-6-4-5-7-9-11-18-20(3,14)15/h13H,4-12H2,1-3H3,(H,14,15)(H,16,17). The summed E-state index contributed by atoms with van der Waals surface area (Å²) in [4.78, 5) is 18.4. The number of unbranched alkanes of at least 4 members (excludes halogenated alkanes) is 6. The molecule has 0 radical (unpaired) electrons. The molecule has 6 nitrogen and oxygen atoms in total. The molecule has 0 saturated carbocycles. The van der Waals surface area contributed by atoms with Gasteiger partial charge in [0, 0.05) is 6.66 Å². The van der Waals surface area contributed by atoms with Crippen molar-refractivity contribution in [2.75, 3.05) is 19.9 Å². The van der Waals surface area contributed by atoms with Gasteiger partial charge < -0.3 is 18.8 Å². The first kappa shape index (κ1) is 21.3. The summed E-state index contributed by atoms with van der Waals surface area (Å²) in [6.45, 7) is 5.22. The third-order valence-corrected chi connectivity index (χ3v) is 5.57. The van der Waals surface area contributed by atoms with Crippen molar-refractivity contribution < 1.29 is 28.0 Å². The lowest BCUT2D eigenvalue weighted by atomic mass is 10.1. The highest BCUT2D eigenvalue weighted by Crippen LogP contribution is 2.47. The highest BCUT2D eigenvalue weighted by atomic mass is 31.2. The zero-order chi connectivity index (χ0) is 16.4. The van der Waals surface area contributed by atoms with Crippen molar-refractivity contribution in [3.63, 3.8) is 0 Å². The summed E-state index contributed by atoms with van der Waals surface area (Å²) in [6.07, 6.45) is 6.77. The Morgan fingerprint density at radius 1 is 0.810 bits per heavy atom. The van der Waals surface area contributed by atoms with Crippen LogP contribution in [-0.4, -0.2) is 35.3 Å². The van der Waals surface area contributed by atoms with E-state index in [0.717, 1.165) is 44.9 Å². The average Bonchev–Trinajstić information content (AvgIpc) is 2.34. The molecule has 2 unspecified atom stereocenters. The zero-order valence-electron chi connectivity index (χ0n) is 13.4. The first-order valence-electron chi connectivity index (χ1n) is 7.57. The second-order valence-corrected chi connectivity index (χ2v) is 9.89. The summed E-state index contributed by atoms with van der Waals surface area (Å²) < 4.78 is 32.2. The molecule has 0 spiro atoms. The van der Waals surface area contributed by atoms with Gasteiger partial charge in [-0.3, -0.25) is 9.13 Å². The van der Waals surface area contributed by atoms with Crippen LogP contribution < -0.4 is 0 Å². The summed E-state index contributed by atoms with van der Waals surface area (Å²) in [5, 5.41) is 0. The van der Waals surface area contributed by atoms with Gasteiger partial charge in [0.25, 0.3) is 0 Å². The maximum atomic E-state index is 11.5. The van der Waals surface area contributed by atoms with Crippen LogP contribution in [0.25, 0.3) is 0 Å². The van der Waals surface area contributed by atoms with Gasteiger partial charge in [-0.05, 0) is 12.8 Å². The molecular formula is C13H30O6P2. The van der Waals surface area contributed by atoms with Gasteiger partial charge in [-0.25, -0.2) is 0 Å². The number of hydrogen-bond acceptors (Lipinski definition) is 4. The van der Waals surface area contributed by atoms with Crippen molar-refractivity contribution in [1.29, 1.82) is 0 Å². The minimum atomic E-state index is -3.41. The van der Waals surface area contributed by atoms with Gasteiger partial charge in [0.1, 0.15) is 0 Å². The van der Waals surface area contributed by atoms with E-state index in [1.165, 1.54) is 6.66 Å². The highest BCUT2D eigenvalue weighted by Gasteiger charge is 2.23. The van der Waals surface area contributed by atoms with Gasteiger partial charge in [0.2, 0.25) is 0 Å². The summed E-state index contributed by atoms with van der Waals surface area (Å²) in [7, 11) is -6.73. The topological polar surface area (TPSA) is 93.1 Å². The van der Waals surface area contributed by atoms with Crippen LogP contribution in [0.4, 0.5) is 0 Å². The molecule has 0 aliphatic heterocycles. The second kappa shape index (κ2) is 10.9. The lowest BCUT2D eigenvalue weighted by Crippen LogP contribution is -2.02. The summed E-state index contributed by atoms with van der Waals surface area (Å²) in [6, 6.07) is 0. The predicted molar refractivity (Wildman–Crippen MR) is 84.9 cm³/mol. The molecule has 128 valence electrons. The fourth-order valence-electron chi connectivity index (χ4n) is 1.67. The Bertz CT molecular complexity index is 353. The molecular weight excluding hydrogens is 314 g/mol. The van der Waals surface area contributed by atoms with E-state index < -0.39 is 15.2 Å². The Balaban J connectivity index is 3.31. The van der Waals surface area contributed by atoms with E-state index in [0.29, 0.717) is 13.2 Å². The first-order chi connectivity index (χ1) is 9.65. The Hall–Kier alpha value is 0.300. The largest absolute Gasteiger partial charge is 0.330 e. The molecule has 8 heteroatoms. The molecule has 0 fully saturated rings. The number of rotatable bonds is 13. The van der Waals surface area contributed by atoms with Crippen LogP contribution in [0.3, 0.4) is 0 Å². The molecule has 2 atom stereocenters. The van der Waals surface area contributed by atoms with E-state index in [-0.39, 0.29) is 5.66 Å². The average molecular weight is 344 g/mol. The Kier molecular flexibility index (Phi) is 11.1. The number of hydrogen-bond donors (Lipinski definition) is 2. The van der Waals surface area contributed by atoms with E-state index in [9.17, 15) is 14.0 Å². The third kappa shape index (κ3) is 13.7. The van der Waals surface area contributed by atoms with Crippen LogP contribution in [0.2, 0.25) is 0 Å². The van der Waals surface area contributed by atoms with Crippen LogP contribution >= 0.6 is 15.2 Å². The molecule has 0 bridgehead atoms. The highest BCUT2D eigenvalue weighted by molar-refractivity contribution is 7.53.